The van der Waals surface area contributed by atoms with E-state index in [9.17, 15) is 27.2 Å². The van der Waals surface area contributed by atoms with E-state index < -0.39 is 36.3 Å². The Labute approximate surface area is 216 Å². The van der Waals surface area contributed by atoms with Crippen molar-refractivity contribution in [2.45, 2.75) is 62.7 Å². The maximum absolute atomic E-state index is 14.2. The lowest BCUT2D eigenvalue weighted by molar-refractivity contribution is -0.161. The molecular weight excluding hydrogens is 504 g/mol. The highest BCUT2D eigenvalue weighted by Crippen LogP contribution is 2.38. The van der Waals surface area contributed by atoms with Crippen LogP contribution in [0.3, 0.4) is 0 Å². The van der Waals surface area contributed by atoms with Crippen LogP contribution in [0, 0.1) is 0 Å². The van der Waals surface area contributed by atoms with Crippen LogP contribution < -0.4 is 11.1 Å². The number of rotatable bonds is 7. The Morgan fingerprint density at radius 3 is 2.37 bits per heavy atom. The lowest BCUT2D eigenvalue weighted by atomic mass is 9.97. The van der Waals surface area contributed by atoms with Gasteiger partial charge < -0.3 is 15.1 Å². The second kappa shape index (κ2) is 9.23. The molecule has 2 saturated heterocycles. The zero-order valence-corrected chi connectivity index (χ0v) is 21.3. The standard InChI is InChI=1S/C27H30F4N4O3/c1-26(2,28)11-20(24(32)36)33-23(27(29,30)31)14-4-6-18-19-8-15(5-7-21(19)38-22(18)9-14)25(37)35-13-16-10-17(35)12-34(16)3/h4-9,16-17,20,23,33H,10-13H2,1-3H3,(H2,32,36)/t16?,17?,20?,23-/m0/s1. The van der Waals surface area contributed by atoms with Crippen LogP contribution in [0.15, 0.2) is 40.8 Å². The van der Waals surface area contributed by atoms with Gasteiger partial charge in [0.25, 0.3) is 5.91 Å². The smallest absolute Gasteiger partial charge is 0.407 e. The normalized spacial score (nSPS) is 21.9. The van der Waals surface area contributed by atoms with Crippen LogP contribution in [-0.2, 0) is 4.79 Å². The van der Waals surface area contributed by atoms with Gasteiger partial charge >= 0.3 is 6.18 Å². The van der Waals surface area contributed by atoms with Gasteiger partial charge in [-0.3, -0.25) is 19.8 Å². The predicted octanol–water partition coefficient (Wildman–Crippen LogP) is 4.30. The number of carbonyl (C=O) groups excluding carboxylic acids is 2. The molecule has 2 aliphatic heterocycles. The van der Waals surface area contributed by atoms with Gasteiger partial charge in [-0.1, -0.05) is 12.1 Å². The second-order valence-electron chi connectivity index (χ2n) is 11.0. The number of furan rings is 1. The van der Waals surface area contributed by atoms with Crippen LogP contribution in [0.1, 0.15) is 48.7 Å². The van der Waals surface area contributed by atoms with Crippen LogP contribution >= 0.6 is 0 Å². The molecule has 0 saturated carbocycles. The van der Waals surface area contributed by atoms with E-state index in [0.29, 0.717) is 34.5 Å². The number of carbonyl (C=O) groups is 2. The summed E-state index contributed by atoms with van der Waals surface area (Å²) in [6.07, 6.45) is -4.36. The zero-order valence-electron chi connectivity index (χ0n) is 21.3. The van der Waals surface area contributed by atoms with Gasteiger partial charge in [-0.2, -0.15) is 13.2 Å². The van der Waals surface area contributed by atoms with E-state index in [4.69, 9.17) is 10.2 Å². The maximum Gasteiger partial charge on any atom is 0.407 e. The first-order valence-electron chi connectivity index (χ1n) is 12.5. The Balaban J connectivity index is 1.46. The van der Waals surface area contributed by atoms with Gasteiger partial charge in [0, 0.05) is 47.9 Å². The van der Waals surface area contributed by atoms with Gasteiger partial charge in [0.2, 0.25) is 5.91 Å². The number of nitrogens with two attached hydrogens (primary N) is 1. The summed E-state index contributed by atoms with van der Waals surface area (Å²) in [5.41, 5.74) is 4.28. The molecule has 7 nitrogen and oxygen atoms in total. The largest absolute Gasteiger partial charge is 0.456 e. The molecule has 2 aromatic carbocycles. The number of alkyl halides is 4. The van der Waals surface area contributed by atoms with Crippen molar-refractivity contribution in [2.24, 2.45) is 5.73 Å². The van der Waals surface area contributed by atoms with E-state index >= 15 is 0 Å². The minimum Gasteiger partial charge on any atom is -0.456 e. The van der Waals surface area contributed by atoms with E-state index in [1.165, 1.54) is 32.0 Å². The number of likely N-dealkylation sites (tertiary alicyclic amines) is 2. The summed E-state index contributed by atoms with van der Waals surface area (Å²) in [6.45, 7) is 3.84. The first kappa shape index (κ1) is 26.4. The number of hydrogen-bond acceptors (Lipinski definition) is 5. The Bertz CT molecular complexity index is 1390. The third kappa shape index (κ3) is 4.96. The summed E-state index contributed by atoms with van der Waals surface area (Å²) in [6, 6.07) is 5.77. The molecule has 0 spiro atoms. The van der Waals surface area contributed by atoms with Crippen molar-refractivity contribution in [1.29, 1.82) is 0 Å². The van der Waals surface area contributed by atoms with Crippen molar-refractivity contribution >= 4 is 33.8 Å². The Morgan fingerprint density at radius 2 is 1.79 bits per heavy atom. The fraction of sp³-hybridized carbons (Fsp3) is 0.481. The molecule has 1 aromatic heterocycles. The molecular formula is C27H30F4N4O3. The lowest BCUT2D eigenvalue weighted by Crippen LogP contribution is -2.49. The molecule has 204 valence electrons. The number of primary amides is 1. The number of nitrogens with one attached hydrogen (secondary N) is 1. The van der Waals surface area contributed by atoms with E-state index in [-0.39, 0.29) is 23.1 Å². The zero-order chi connectivity index (χ0) is 27.6. The summed E-state index contributed by atoms with van der Waals surface area (Å²) in [5, 5.41) is 3.37. The summed E-state index contributed by atoms with van der Waals surface area (Å²) in [5.74, 6) is -1.15. The van der Waals surface area contributed by atoms with Crippen molar-refractivity contribution in [2.75, 3.05) is 20.1 Å². The number of piperazine rings is 1. The molecule has 4 atom stereocenters. The van der Waals surface area contributed by atoms with Crippen LogP contribution in [0.4, 0.5) is 17.6 Å². The molecule has 3 aromatic rings. The molecule has 11 heteroatoms. The number of hydrogen-bond donors (Lipinski definition) is 2. The summed E-state index contributed by atoms with van der Waals surface area (Å²) < 4.78 is 62.2. The van der Waals surface area contributed by atoms with Crippen LogP contribution in [0.5, 0.6) is 0 Å². The van der Waals surface area contributed by atoms with Crippen LogP contribution in [0.2, 0.25) is 0 Å². The average molecular weight is 535 g/mol. The molecule has 38 heavy (non-hydrogen) atoms. The quantitative estimate of drug-likeness (QED) is 0.441. The highest BCUT2D eigenvalue weighted by atomic mass is 19.4. The molecule has 2 fully saturated rings. The average Bonchev–Trinajstić information content (AvgIpc) is 3.50. The van der Waals surface area contributed by atoms with Crippen molar-refractivity contribution in [3.8, 4) is 0 Å². The fourth-order valence-corrected chi connectivity index (χ4v) is 5.69. The van der Waals surface area contributed by atoms with E-state index in [1.807, 2.05) is 4.90 Å². The highest BCUT2D eigenvalue weighted by molar-refractivity contribution is 6.08. The monoisotopic (exact) mass is 534 g/mol. The van der Waals surface area contributed by atoms with E-state index in [2.05, 4.69) is 17.3 Å². The predicted molar refractivity (Wildman–Crippen MR) is 134 cm³/mol. The maximum atomic E-state index is 14.2. The number of halogens is 4. The minimum atomic E-state index is -4.80. The summed E-state index contributed by atoms with van der Waals surface area (Å²) >= 11 is 0. The fourth-order valence-electron chi connectivity index (χ4n) is 5.69. The Morgan fingerprint density at radius 1 is 1.05 bits per heavy atom. The third-order valence-corrected chi connectivity index (χ3v) is 7.58. The molecule has 2 aliphatic rings. The highest BCUT2D eigenvalue weighted by Gasteiger charge is 2.45. The first-order valence-corrected chi connectivity index (χ1v) is 12.5. The molecule has 2 amide bonds. The van der Waals surface area contributed by atoms with E-state index in [0.717, 1.165) is 13.0 Å². The van der Waals surface area contributed by atoms with Crippen LogP contribution in [-0.4, -0.2) is 71.7 Å². The Kier molecular flexibility index (Phi) is 6.42. The van der Waals surface area contributed by atoms with Crippen molar-refractivity contribution in [3.63, 3.8) is 0 Å². The topological polar surface area (TPSA) is 91.8 Å². The molecule has 3 heterocycles. The van der Waals surface area contributed by atoms with Crippen molar-refractivity contribution < 1.29 is 31.6 Å². The number of amides is 2. The Hall–Kier alpha value is -3.18. The number of benzene rings is 2. The minimum absolute atomic E-state index is 0.0758. The molecule has 0 aliphatic carbocycles. The molecule has 0 radical (unpaired) electrons. The van der Waals surface area contributed by atoms with Gasteiger partial charge in [-0.15, -0.1) is 0 Å². The van der Waals surface area contributed by atoms with Gasteiger partial charge in [-0.05, 0) is 57.1 Å². The number of nitrogens with zero attached hydrogens (tertiary/aromatic N) is 2. The van der Waals surface area contributed by atoms with Crippen molar-refractivity contribution in [3.05, 3.63) is 47.5 Å². The third-order valence-electron chi connectivity index (χ3n) is 7.58. The second-order valence-corrected chi connectivity index (χ2v) is 11.0. The van der Waals surface area contributed by atoms with Crippen LogP contribution in [0.25, 0.3) is 21.9 Å². The summed E-state index contributed by atoms with van der Waals surface area (Å²) in [4.78, 5) is 29.2. The lowest BCUT2D eigenvalue weighted by Gasteiger charge is -2.32. The van der Waals surface area contributed by atoms with Gasteiger partial charge in [0.15, 0.2) is 0 Å². The van der Waals surface area contributed by atoms with Crippen molar-refractivity contribution in [1.82, 2.24) is 15.1 Å². The van der Waals surface area contributed by atoms with Gasteiger partial charge in [0.05, 0.1) is 6.04 Å². The van der Waals surface area contributed by atoms with E-state index in [1.54, 1.807) is 18.2 Å². The number of fused-ring (bicyclic) bond motifs is 5. The molecule has 3 unspecified atom stereocenters. The molecule has 2 bridgehead atoms. The summed E-state index contributed by atoms with van der Waals surface area (Å²) in [7, 11) is 2.05. The van der Waals surface area contributed by atoms with Gasteiger partial charge in [0.1, 0.15) is 22.9 Å². The molecule has 3 N–H and O–H groups in total. The van der Waals surface area contributed by atoms with Gasteiger partial charge in [-0.25, -0.2) is 4.39 Å². The number of likely N-dealkylation sites (N-methyl/N-ethyl adjacent to an activating group) is 1. The SMILES string of the molecule is CN1CC2CC1CN2C(=O)c1ccc2oc3cc([C@H](NC(CC(C)(C)F)C(N)=O)C(F)(F)F)ccc3c2c1. The first-order chi connectivity index (χ1) is 17.7. The molecule has 5 rings (SSSR count).